The number of hydrogen-bond donors (Lipinski definition) is 1. The van der Waals surface area contributed by atoms with Gasteiger partial charge in [-0.25, -0.2) is 0 Å². The van der Waals surface area contributed by atoms with Crippen LogP contribution in [0.15, 0.2) is 53.4 Å². The molecule has 0 radical (unpaired) electrons. The van der Waals surface area contributed by atoms with E-state index in [4.69, 9.17) is 5.73 Å². The van der Waals surface area contributed by atoms with E-state index in [0.29, 0.717) is 0 Å². The van der Waals surface area contributed by atoms with Gasteiger partial charge in [0.05, 0.1) is 11.4 Å². The number of nitrogen functional groups attached to an aromatic ring is 1. The highest BCUT2D eigenvalue weighted by Gasteiger charge is 2.13. The summed E-state index contributed by atoms with van der Waals surface area (Å²) in [6.07, 6.45) is 0. The summed E-state index contributed by atoms with van der Waals surface area (Å²) in [5.41, 5.74) is 8.99. The van der Waals surface area contributed by atoms with Gasteiger partial charge < -0.3 is 10.0 Å². The Morgan fingerprint density at radius 1 is 1.00 bits per heavy atom. The summed E-state index contributed by atoms with van der Waals surface area (Å²) in [7, 11) is 0.416. The maximum absolute atomic E-state index is 6.05. The molecule has 0 fully saturated rings. The Labute approximate surface area is 116 Å². The van der Waals surface area contributed by atoms with E-state index in [2.05, 4.69) is 35.1 Å². The lowest BCUT2D eigenvalue weighted by Crippen LogP contribution is -2.15. The summed E-state index contributed by atoms with van der Waals surface area (Å²) in [4.78, 5) is 1.18. The van der Waals surface area contributed by atoms with Crippen molar-refractivity contribution < 1.29 is 0 Å². The molecular formula is C16H20N2S. The molecule has 2 aromatic carbocycles. The molecule has 0 aromatic heterocycles. The first-order valence-corrected chi connectivity index (χ1v) is 8.01. The fourth-order valence-electron chi connectivity index (χ4n) is 2.09. The van der Waals surface area contributed by atoms with Crippen molar-refractivity contribution >= 4 is 32.5 Å². The molecule has 0 bridgehead atoms. The predicted octanol–water partition coefficient (Wildman–Crippen LogP) is 3.66. The first-order chi connectivity index (χ1) is 8.94. The SMILES string of the molecule is C=S(=C)(c1ccccc1C)N(C)c1ccccc1N. The van der Waals surface area contributed by atoms with Crippen molar-refractivity contribution in [1.29, 1.82) is 0 Å². The molecule has 0 unspecified atom stereocenters. The molecule has 0 saturated heterocycles. The van der Waals surface area contributed by atoms with Crippen molar-refractivity contribution in [2.24, 2.45) is 0 Å². The Hall–Kier alpha value is -1.87. The highest BCUT2D eigenvalue weighted by molar-refractivity contribution is 8.28. The number of nitrogens with zero attached hydrogens (tertiary/aromatic N) is 1. The third kappa shape index (κ3) is 2.47. The highest BCUT2D eigenvalue weighted by atomic mass is 32.2. The van der Waals surface area contributed by atoms with E-state index in [0.717, 1.165) is 11.4 Å². The summed E-state index contributed by atoms with van der Waals surface area (Å²) in [6, 6.07) is 16.1. The molecule has 19 heavy (non-hydrogen) atoms. The van der Waals surface area contributed by atoms with Gasteiger partial charge in [-0.05, 0) is 30.7 Å². The minimum Gasteiger partial charge on any atom is -0.397 e. The zero-order chi connectivity index (χ0) is 14.0. The molecule has 0 spiro atoms. The normalized spacial score (nSPS) is 11.3. The van der Waals surface area contributed by atoms with Crippen LogP contribution < -0.4 is 10.0 Å². The van der Waals surface area contributed by atoms with Crippen molar-refractivity contribution in [2.75, 3.05) is 17.1 Å². The van der Waals surface area contributed by atoms with Crippen molar-refractivity contribution in [3.05, 3.63) is 54.1 Å². The average Bonchev–Trinajstić information content (AvgIpc) is 2.39. The van der Waals surface area contributed by atoms with Crippen LogP contribution in [0, 0.1) is 6.92 Å². The van der Waals surface area contributed by atoms with Gasteiger partial charge in [0.2, 0.25) is 0 Å². The van der Waals surface area contributed by atoms with Crippen LogP contribution in [0.1, 0.15) is 5.56 Å². The molecule has 0 aliphatic heterocycles. The first-order valence-electron chi connectivity index (χ1n) is 6.08. The van der Waals surface area contributed by atoms with Crippen LogP contribution in [-0.4, -0.2) is 18.8 Å². The Bertz CT molecular complexity index is 687. The maximum atomic E-state index is 6.05. The number of anilines is 2. The maximum Gasteiger partial charge on any atom is 0.0691 e. The Kier molecular flexibility index (Phi) is 3.58. The second kappa shape index (κ2) is 5.02. The lowest BCUT2D eigenvalue weighted by molar-refractivity contribution is 1.27. The van der Waals surface area contributed by atoms with Crippen LogP contribution >= 0.6 is 9.39 Å². The molecule has 2 nitrogen and oxygen atoms in total. The molecule has 0 saturated carbocycles. The largest absolute Gasteiger partial charge is 0.397 e. The summed E-state index contributed by atoms with van der Waals surface area (Å²) in [6.45, 7) is 2.09. The van der Waals surface area contributed by atoms with Gasteiger partial charge in [-0.3, -0.25) is 0 Å². The van der Waals surface area contributed by atoms with E-state index in [-0.39, 0.29) is 0 Å². The second-order valence-electron chi connectivity index (χ2n) is 4.66. The second-order valence-corrected chi connectivity index (χ2v) is 7.34. The summed E-state index contributed by atoms with van der Waals surface area (Å²) in [5, 5.41) is 0. The van der Waals surface area contributed by atoms with E-state index in [9.17, 15) is 0 Å². The van der Waals surface area contributed by atoms with Gasteiger partial charge in [-0.15, -0.1) is 9.39 Å². The number of para-hydroxylation sites is 2. The van der Waals surface area contributed by atoms with Crippen molar-refractivity contribution in [3.8, 4) is 0 Å². The number of nitrogens with two attached hydrogens (primary N) is 1. The van der Waals surface area contributed by atoms with Crippen molar-refractivity contribution in [3.63, 3.8) is 0 Å². The molecule has 100 valence electrons. The van der Waals surface area contributed by atoms with Crippen LogP contribution in [0.5, 0.6) is 0 Å². The summed E-state index contributed by atoms with van der Waals surface area (Å²) >= 11 is 0. The van der Waals surface area contributed by atoms with Gasteiger partial charge >= 0.3 is 0 Å². The molecule has 3 heteroatoms. The van der Waals surface area contributed by atoms with E-state index in [1.54, 1.807) is 0 Å². The molecule has 0 aliphatic carbocycles. The fourth-order valence-corrected chi connectivity index (χ4v) is 3.93. The first kappa shape index (κ1) is 13.6. The van der Waals surface area contributed by atoms with Crippen molar-refractivity contribution in [2.45, 2.75) is 11.8 Å². The number of benzene rings is 2. The number of aryl methyl sites for hydroxylation is 1. The Balaban J connectivity index is 2.52. The number of rotatable bonds is 3. The van der Waals surface area contributed by atoms with Crippen LogP contribution in [0.3, 0.4) is 0 Å². The van der Waals surface area contributed by atoms with E-state index in [1.807, 2.05) is 43.4 Å². The Morgan fingerprint density at radius 3 is 2.21 bits per heavy atom. The van der Waals surface area contributed by atoms with Crippen molar-refractivity contribution in [1.82, 2.24) is 0 Å². The van der Waals surface area contributed by atoms with Crippen LogP contribution in [-0.2, 0) is 0 Å². The lowest BCUT2D eigenvalue weighted by atomic mass is 10.2. The molecule has 2 aromatic rings. The third-order valence-electron chi connectivity index (χ3n) is 3.30. The van der Waals surface area contributed by atoms with E-state index >= 15 is 0 Å². The van der Waals surface area contributed by atoms with Gasteiger partial charge in [-0.2, -0.15) is 0 Å². The monoisotopic (exact) mass is 272 g/mol. The molecule has 0 amide bonds. The van der Waals surface area contributed by atoms with Crippen LogP contribution in [0.2, 0.25) is 0 Å². The Morgan fingerprint density at radius 2 is 1.58 bits per heavy atom. The molecular weight excluding hydrogens is 252 g/mol. The molecule has 0 aliphatic rings. The predicted molar refractivity (Wildman–Crippen MR) is 90.5 cm³/mol. The smallest absolute Gasteiger partial charge is 0.0691 e. The van der Waals surface area contributed by atoms with Gasteiger partial charge in [0.25, 0.3) is 0 Å². The molecule has 0 atom stereocenters. The average molecular weight is 272 g/mol. The minimum absolute atomic E-state index is 0.753. The van der Waals surface area contributed by atoms with Gasteiger partial charge in [0.1, 0.15) is 0 Å². The fraction of sp³-hybridized carbons (Fsp3) is 0.125. The highest BCUT2D eigenvalue weighted by Crippen LogP contribution is 2.41. The zero-order valence-electron chi connectivity index (χ0n) is 11.5. The third-order valence-corrected chi connectivity index (χ3v) is 5.83. The van der Waals surface area contributed by atoms with E-state index in [1.165, 1.54) is 10.5 Å². The molecule has 2 N–H and O–H groups in total. The van der Waals surface area contributed by atoms with Gasteiger partial charge in [0.15, 0.2) is 0 Å². The summed E-state index contributed by atoms with van der Waals surface area (Å²) < 4.78 is 2.10. The molecule has 0 heterocycles. The van der Waals surface area contributed by atoms with E-state index < -0.39 is 9.39 Å². The minimum atomic E-state index is -1.59. The number of hydrogen-bond acceptors (Lipinski definition) is 2. The molecule has 2 rings (SSSR count). The summed E-state index contributed by atoms with van der Waals surface area (Å²) in [5.74, 6) is 8.72. The topological polar surface area (TPSA) is 29.3 Å². The lowest BCUT2D eigenvalue weighted by Gasteiger charge is -2.31. The van der Waals surface area contributed by atoms with Crippen LogP contribution in [0.4, 0.5) is 11.4 Å². The van der Waals surface area contributed by atoms with Gasteiger partial charge in [0, 0.05) is 11.9 Å². The zero-order valence-corrected chi connectivity index (χ0v) is 12.3. The standard InChI is InChI=1S/C16H20N2S/c1-13-9-5-8-12-16(13)19(3,4)18(2)15-11-7-6-10-14(15)17/h5-12H,3-4,17H2,1-2H3. The van der Waals surface area contributed by atoms with Crippen LogP contribution in [0.25, 0.3) is 0 Å². The quantitative estimate of drug-likeness (QED) is 0.682. The van der Waals surface area contributed by atoms with Gasteiger partial charge in [-0.1, -0.05) is 42.1 Å².